The molecule has 3 aromatic carbocycles. The fraction of sp³-hybridized carbons (Fsp3) is 0.0769. The molecule has 4 aromatic rings. The number of fused-ring (bicyclic) bond motifs is 1. The van der Waals surface area contributed by atoms with Gasteiger partial charge < -0.3 is 9.15 Å². The van der Waals surface area contributed by atoms with Crippen molar-refractivity contribution in [3.63, 3.8) is 0 Å². The molecule has 7 nitrogen and oxygen atoms in total. The Balaban J connectivity index is 1.32. The summed E-state index contributed by atoms with van der Waals surface area (Å²) in [6.45, 7) is 1.74. The Kier molecular flexibility index (Phi) is 5.06. The van der Waals surface area contributed by atoms with Gasteiger partial charge in [0.2, 0.25) is 5.89 Å². The number of rotatable bonds is 5. The monoisotopic (exact) mass is 438 g/mol. The number of carbonyl (C=O) groups excluding carboxylic acids is 3. The maximum absolute atomic E-state index is 13.0. The second kappa shape index (κ2) is 8.20. The number of aryl methyl sites for hydroxylation is 1. The summed E-state index contributed by atoms with van der Waals surface area (Å²) >= 11 is 0. The maximum atomic E-state index is 13.0. The van der Waals surface area contributed by atoms with E-state index in [-0.39, 0.29) is 23.3 Å². The second-order valence-corrected chi connectivity index (χ2v) is 7.58. The summed E-state index contributed by atoms with van der Waals surface area (Å²) in [6, 6.07) is 20.9. The van der Waals surface area contributed by atoms with Crippen molar-refractivity contribution < 1.29 is 23.5 Å². The number of oxazole rings is 1. The average molecular weight is 438 g/mol. The summed E-state index contributed by atoms with van der Waals surface area (Å²) in [7, 11) is 0. The molecule has 7 heteroatoms. The predicted molar refractivity (Wildman–Crippen MR) is 120 cm³/mol. The van der Waals surface area contributed by atoms with E-state index < -0.39 is 17.8 Å². The van der Waals surface area contributed by atoms with Crippen LogP contribution in [0.2, 0.25) is 0 Å². The number of nitrogens with zero attached hydrogens (tertiary/aromatic N) is 2. The molecule has 0 atom stereocenters. The molecule has 2 amide bonds. The zero-order valence-corrected chi connectivity index (χ0v) is 17.6. The highest BCUT2D eigenvalue weighted by atomic mass is 16.5. The van der Waals surface area contributed by atoms with Gasteiger partial charge in [-0.25, -0.2) is 14.7 Å². The van der Waals surface area contributed by atoms with Crippen LogP contribution in [0, 0.1) is 6.92 Å². The number of esters is 1. The molecule has 0 bridgehead atoms. The third kappa shape index (κ3) is 3.70. The molecular weight excluding hydrogens is 420 g/mol. The molecular formula is C26H18N2O5. The third-order valence-corrected chi connectivity index (χ3v) is 5.40. The van der Waals surface area contributed by atoms with Gasteiger partial charge in [0.1, 0.15) is 18.6 Å². The van der Waals surface area contributed by atoms with Crippen LogP contribution in [-0.4, -0.2) is 22.8 Å². The molecule has 0 unspecified atom stereocenters. The highest BCUT2D eigenvalue weighted by Gasteiger charge is 2.37. The van der Waals surface area contributed by atoms with Gasteiger partial charge in [-0.1, -0.05) is 36.4 Å². The van der Waals surface area contributed by atoms with E-state index >= 15 is 0 Å². The van der Waals surface area contributed by atoms with Crippen molar-refractivity contribution in [1.82, 2.24) is 4.98 Å². The van der Waals surface area contributed by atoms with Gasteiger partial charge in [-0.2, -0.15) is 0 Å². The van der Waals surface area contributed by atoms with Crippen LogP contribution in [0.3, 0.4) is 0 Å². The van der Waals surface area contributed by atoms with Gasteiger partial charge in [-0.05, 0) is 48.9 Å². The minimum Gasteiger partial charge on any atom is -0.455 e. The first-order valence-electron chi connectivity index (χ1n) is 10.3. The van der Waals surface area contributed by atoms with Crippen LogP contribution < -0.4 is 4.90 Å². The molecule has 0 saturated carbocycles. The minimum absolute atomic E-state index is 0.0888. The van der Waals surface area contributed by atoms with Gasteiger partial charge in [0.25, 0.3) is 11.8 Å². The van der Waals surface area contributed by atoms with Gasteiger partial charge in [-0.15, -0.1) is 0 Å². The maximum Gasteiger partial charge on any atom is 0.338 e. The van der Waals surface area contributed by atoms with Crippen molar-refractivity contribution in [1.29, 1.82) is 0 Å². The molecule has 2 heterocycles. The lowest BCUT2D eigenvalue weighted by molar-refractivity contribution is 0.0467. The van der Waals surface area contributed by atoms with Crippen molar-refractivity contribution in [2.45, 2.75) is 13.5 Å². The number of amides is 2. The summed E-state index contributed by atoms with van der Waals surface area (Å²) in [5, 5.41) is 0. The molecule has 33 heavy (non-hydrogen) atoms. The number of anilines is 1. The van der Waals surface area contributed by atoms with Crippen molar-refractivity contribution in [2.75, 3.05) is 4.90 Å². The number of ether oxygens (including phenoxy) is 1. The van der Waals surface area contributed by atoms with Crippen molar-refractivity contribution in [3.8, 4) is 11.5 Å². The van der Waals surface area contributed by atoms with E-state index in [2.05, 4.69) is 4.98 Å². The zero-order chi connectivity index (χ0) is 22.9. The second-order valence-electron chi connectivity index (χ2n) is 7.58. The van der Waals surface area contributed by atoms with Crippen LogP contribution in [0.25, 0.3) is 11.5 Å². The first-order valence-corrected chi connectivity index (χ1v) is 10.3. The summed E-state index contributed by atoms with van der Waals surface area (Å²) in [5.74, 6) is -1.08. The zero-order valence-electron chi connectivity index (χ0n) is 17.6. The molecule has 0 aliphatic carbocycles. The Morgan fingerprint density at radius 3 is 2.45 bits per heavy atom. The fourth-order valence-corrected chi connectivity index (χ4v) is 3.71. The highest BCUT2D eigenvalue weighted by molar-refractivity contribution is 6.34. The summed E-state index contributed by atoms with van der Waals surface area (Å²) < 4.78 is 10.8. The molecule has 162 valence electrons. The Morgan fingerprint density at radius 1 is 0.939 bits per heavy atom. The number of benzene rings is 3. The van der Waals surface area contributed by atoms with Crippen LogP contribution in [0.1, 0.15) is 42.3 Å². The first kappa shape index (κ1) is 20.4. The SMILES string of the molecule is Cc1ccccc1N1C(=O)c2ccc(C(=O)OCc3coc(-c4ccccc4)n3)cc2C1=O. The van der Waals surface area contributed by atoms with Crippen molar-refractivity contribution in [2.24, 2.45) is 0 Å². The highest BCUT2D eigenvalue weighted by Crippen LogP contribution is 2.31. The summed E-state index contributed by atoms with van der Waals surface area (Å²) in [4.78, 5) is 43.9. The van der Waals surface area contributed by atoms with Gasteiger partial charge >= 0.3 is 5.97 Å². The Hall–Kier alpha value is -4.52. The number of aromatic nitrogens is 1. The molecule has 5 rings (SSSR count). The Labute approximate surface area is 189 Å². The van der Waals surface area contributed by atoms with E-state index in [1.54, 1.807) is 12.1 Å². The van der Waals surface area contributed by atoms with E-state index in [0.717, 1.165) is 16.0 Å². The van der Waals surface area contributed by atoms with Crippen molar-refractivity contribution in [3.05, 3.63) is 107 Å². The van der Waals surface area contributed by atoms with Gasteiger partial charge in [0, 0.05) is 5.56 Å². The molecule has 0 fully saturated rings. The summed E-state index contributed by atoms with van der Waals surface area (Å²) in [6.07, 6.45) is 1.43. The lowest BCUT2D eigenvalue weighted by atomic mass is 10.1. The molecule has 1 aliphatic rings. The van der Waals surface area contributed by atoms with E-state index in [1.165, 1.54) is 24.5 Å². The standard InChI is InChI=1S/C26H18N2O5/c1-16-7-5-6-10-22(16)28-24(29)20-12-11-18(13-21(20)25(28)30)26(31)33-15-19-14-32-23(27-19)17-8-3-2-4-9-17/h2-14H,15H2,1H3. The Bertz CT molecular complexity index is 1390. The van der Waals surface area contributed by atoms with Crippen LogP contribution in [0.4, 0.5) is 5.69 Å². The predicted octanol–water partition coefficient (Wildman–Crippen LogP) is 4.81. The number of carbonyl (C=O) groups is 3. The molecule has 0 spiro atoms. The van der Waals surface area contributed by atoms with Crippen LogP contribution in [0.15, 0.2) is 83.5 Å². The quantitative estimate of drug-likeness (QED) is 0.328. The fourth-order valence-electron chi connectivity index (χ4n) is 3.71. The minimum atomic E-state index is -0.628. The van der Waals surface area contributed by atoms with Gasteiger partial charge in [0.05, 0.1) is 22.4 Å². The van der Waals surface area contributed by atoms with E-state index in [4.69, 9.17) is 9.15 Å². The molecule has 0 radical (unpaired) electrons. The van der Waals surface area contributed by atoms with E-state index in [9.17, 15) is 14.4 Å². The van der Waals surface area contributed by atoms with Gasteiger partial charge in [-0.3, -0.25) is 9.59 Å². The smallest absolute Gasteiger partial charge is 0.338 e. The van der Waals surface area contributed by atoms with Crippen LogP contribution >= 0.6 is 0 Å². The van der Waals surface area contributed by atoms with Crippen molar-refractivity contribution >= 4 is 23.5 Å². The lowest BCUT2D eigenvalue weighted by Gasteiger charge is -2.16. The molecule has 1 aliphatic heterocycles. The van der Waals surface area contributed by atoms with Gasteiger partial charge in [0.15, 0.2) is 0 Å². The third-order valence-electron chi connectivity index (χ3n) is 5.40. The van der Waals surface area contributed by atoms with Crippen LogP contribution in [0.5, 0.6) is 0 Å². The number of imide groups is 1. The normalized spacial score (nSPS) is 12.7. The molecule has 0 N–H and O–H groups in total. The molecule has 0 saturated heterocycles. The Morgan fingerprint density at radius 2 is 1.67 bits per heavy atom. The number of hydrogen-bond donors (Lipinski definition) is 0. The average Bonchev–Trinajstić information content (AvgIpc) is 3.41. The topological polar surface area (TPSA) is 89.7 Å². The molecule has 1 aromatic heterocycles. The lowest BCUT2D eigenvalue weighted by Crippen LogP contribution is -2.29. The van der Waals surface area contributed by atoms with E-state index in [1.807, 2.05) is 49.4 Å². The van der Waals surface area contributed by atoms with Crippen LogP contribution in [-0.2, 0) is 11.3 Å². The largest absolute Gasteiger partial charge is 0.455 e. The van der Waals surface area contributed by atoms with E-state index in [0.29, 0.717) is 17.3 Å². The number of hydrogen-bond acceptors (Lipinski definition) is 6. The summed E-state index contributed by atoms with van der Waals surface area (Å²) in [5.41, 5.74) is 3.19. The number of para-hydroxylation sites is 1. The first-order chi connectivity index (χ1) is 16.0.